The topological polar surface area (TPSA) is 111 Å². The Balaban J connectivity index is 1.28. The largest absolute Gasteiger partial charge is 0.456 e. The first-order valence-corrected chi connectivity index (χ1v) is 12.5. The van der Waals surface area contributed by atoms with E-state index in [0.29, 0.717) is 0 Å². The van der Waals surface area contributed by atoms with Crippen molar-refractivity contribution in [2.75, 3.05) is 22.9 Å². The molecule has 8 nitrogen and oxygen atoms in total. The fourth-order valence-electron chi connectivity index (χ4n) is 4.87. The number of ether oxygens (including phenoxy) is 2. The maximum absolute atomic E-state index is 12.4. The fourth-order valence-corrected chi connectivity index (χ4v) is 4.87. The molecule has 0 aromatic heterocycles. The van der Waals surface area contributed by atoms with Crippen molar-refractivity contribution in [3.63, 3.8) is 0 Å². The molecule has 0 amide bonds. The van der Waals surface area contributed by atoms with Gasteiger partial charge in [0.05, 0.1) is 0 Å². The predicted molar refractivity (Wildman–Crippen MR) is 141 cm³/mol. The fraction of sp³-hybridized carbons (Fsp3) is 0.429. The summed E-state index contributed by atoms with van der Waals surface area (Å²) in [6, 6.07) is 12.6. The molecule has 4 N–H and O–H groups in total. The van der Waals surface area contributed by atoms with Gasteiger partial charge in [0, 0.05) is 36.6 Å². The average molecular weight is 493 g/mol. The predicted octanol–water partition coefficient (Wildman–Crippen LogP) is 2.72. The smallest absolute Gasteiger partial charge is 0.331 e. The number of carbonyl (C=O) groups is 2. The molecule has 0 saturated heterocycles. The van der Waals surface area contributed by atoms with Gasteiger partial charge in [0.2, 0.25) is 0 Å². The summed E-state index contributed by atoms with van der Waals surface area (Å²) in [7, 11) is 0. The highest BCUT2D eigenvalue weighted by molar-refractivity contribution is 5.91. The van der Waals surface area contributed by atoms with Crippen molar-refractivity contribution in [1.82, 2.24) is 0 Å². The number of carbonyl (C=O) groups excluding carboxylic acids is 2. The lowest BCUT2D eigenvalue weighted by Crippen LogP contribution is -2.50. The highest BCUT2D eigenvalue weighted by Gasteiger charge is 2.30. The molecule has 0 spiro atoms. The minimum Gasteiger partial charge on any atom is -0.456 e. The van der Waals surface area contributed by atoms with Crippen LogP contribution in [0.15, 0.2) is 48.6 Å². The Hall–Kier alpha value is -3.36. The van der Waals surface area contributed by atoms with E-state index in [9.17, 15) is 9.59 Å². The van der Waals surface area contributed by atoms with Gasteiger partial charge in [0.1, 0.15) is 24.5 Å². The number of benzene rings is 2. The summed E-state index contributed by atoms with van der Waals surface area (Å²) in [5, 5.41) is 0. The molecule has 36 heavy (non-hydrogen) atoms. The van der Waals surface area contributed by atoms with Gasteiger partial charge >= 0.3 is 11.9 Å². The normalized spacial score (nSPS) is 17.9. The number of anilines is 2. The molecule has 2 heterocycles. The van der Waals surface area contributed by atoms with Crippen molar-refractivity contribution in [3.8, 4) is 0 Å². The Morgan fingerprint density at radius 2 is 1.17 bits per heavy atom. The Morgan fingerprint density at radius 3 is 1.56 bits per heavy atom. The van der Waals surface area contributed by atoms with Gasteiger partial charge < -0.3 is 30.7 Å². The number of hydrogen-bond acceptors (Lipinski definition) is 8. The molecule has 2 aliphatic rings. The van der Waals surface area contributed by atoms with Gasteiger partial charge in [-0.3, -0.25) is 0 Å². The molecule has 2 aromatic rings. The zero-order valence-corrected chi connectivity index (χ0v) is 21.4. The molecule has 0 bridgehead atoms. The number of rotatable bonds is 8. The van der Waals surface area contributed by atoms with Crippen LogP contribution in [0.4, 0.5) is 11.4 Å². The van der Waals surface area contributed by atoms with Gasteiger partial charge in [-0.2, -0.15) is 0 Å². The molecule has 4 rings (SSSR count). The summed E-state index contributed by atoms with van der Waals surface area (Å²) in [5.74, 6) is -1.31. The third-order valence-corrected chi connectivity index (χ3v) is 6.99. The minimum absolute atomic E-state index is 0.498. The molecular formula is C28H36N4O4. The van der Waals surface area contributed by atoms with Crippen molar-refractivity contribution >= 4 is 23.3 Å². The molecule has 0 radical (unpaired) electrons. The number of nitrogens with two attached hydrogens (primary N) is 2. The highest BCUT2D eigenvalue weighted by Crippen LogP contribution is 2.31. The van der Waals surface area contributed by atoms with Gasteiger partial charge in [-0.15, -0.1) is 0 Å². The van der Waals surface area contributed by atoms with Crippen molar-refractivity contribution in [3.05, 3.63) is 70.8 Å². The number of esters is 2. The van der Waals surface area contributed by atoms with Gasteiger partial charge in [0.25, 0.3) is 0 Å². The summed E-state index contributed by atoms with van der Waals surface area (Å²) in [6.45, 7) is 9.10. The third kappa shape index (κ3) is 5.55. The minimum atomic E-state index is -0.653. The van der Waals surface area contributed by atoms with Crippen molar-refractivity contribution < 1.29 is 19.1 Å². The molecule has 2 aromatic carbocycles. The molecule has 0 fully saturated rings. The molecule has 2 aliphatic heterocycles. The first kappa shape index (κ1) is 25.7. The van der Waals surface area contributed by atoms with Crippen LogP contribution in [0.1, 0.15) is 36.1 Å². The Morgan fingerprint density at radius 1 is 0.778 bits per heavy atom. The average Bonchev–Trinajstić information content (AvgIpc) is 3.45. The monoisotopic (exact) mass is 492 g/mol. The molecule has 4 atom stereocenters. The SMILES string of the molecule is Cc1ccc2c(c1)N(C(N)C(C)OC(=O)/C=C/C(=O)OC(C)C(N)N1CCc3ccc(C)cc31)CC2. The van der Waals surface area contributed by atoms with E-state index in [1.54, 1.807) is 13.8 Å². The Bertz CT molecular complexity index is 1070. The summed E-state index contributed by atoms with van der Waals surface area (Å²) in [5.41, 5.74) is 19.7. The van der Waals surface area contributed by atoms with E-state index in [2.05, 4.69) is 46.2 Å². The molecule has 8 heteroatoms. The van der Waals surface area contributed by atoms with Crippen molar-refractivity contribution in [1.29, 1.82) is 0 Å². The van der Waals surface area contributed by atoms with E-state index in [-0.39, 0.29) is 0 Å². The molecule has 192 valence electrons. The molecule has 0 aliphatic carbocycles. The second kappa shape index (κ2) is 10.7. The van der Waals surface area contributed by atoms with Crippen LogP contribution in [0.25, 0.3) is 0 Å². The van der Waals surface area contributed by atoms with Crippen LogP contribution in [0.2, 0.25) is 0 Å². The number of nitrogens with zero attached hydrogens (tertiary/aromatic N) is 2. The van der Waals surface area contributed by atoms with E-state index in [1.165, 1.54) is 11.1 Å². The first-order chi connectivity index (χ1) is 17.1. The van der Waals surface area contributed by atoms with Gasteiger partial charge in [-0.1, -0.05) is 24.3 Å². The van der Waals surface area contributed by atoms with Crippen LogP contribution < -0.4 is 21.3 Å². The molecule has 4 unspecified atom stereocenters. The van der Waals surface area contributed by atoms with Gasteiger partial charge in [0.15, 0.2) is 0 Å². The standard InChI is InChI=1S/C28H36N4O4/c1-17-5-7-21-11-13-31(23(21)15-17)27(29)19(3)35-25(33)9-10-26(34)36-20(4)28(30)32-14-12-22-8-6-18(2)16-24(22)32/h5-10,15-16,19-20,27-28H,11-14,29-30H2,1-4H3/b10-9+. The maximum atomic E-state index is 12.4. The van der Waals surface area contributed by atoms with Crippen LogP contribution in [-0.4, -0.2) is 49.6 Å². The van der Waals surface area contributed by atoms with Crippen molar-refractivity contribution in [2.24, 2.45) is 11.5 Å². The van der Waals surface area contributed by atoms with Crippen LogP contribution in [-0.2, 0) is 31.9 Å². The Kier molecular flexibility index (Phi) is 7.66. The number of aryl methyl sites for hydroxylation is 2. The quantitative estimate of drug-likeness (QED) is 0.428. The number of fused-ring (bicyclic) bond motifs is 2. The van der Waals surface area contributed by atoms with E-state index in [1.807, 2.05) is 13.8 Å². The summed E-state index contributed by atoms with van der Waals surface area (Å²) in [6.07, 6.45) is 1.80. The van der Waals surface area contributed by atoms with E-state index in [0.717, 1.165) is 60.6 Å². The summed E-state index contributed by atoms with van der Waals surface area (Å²) < 4.78 is 10.9. The maximum Gasteiger partial charge on any atom is 0.331 e. The number of hydrogen-bond donors (Lipinski definition) is 2. The molecule has 0 saturated carbocycles. The highest BCUT2D eigenvalue weighted by atomic mass is 16.6. The van der Waals surface area contributed by atoms with Gasteiger partial charge in [-0.25, -0.2) is 9.59 Å². The van der Waals surface area contributed by atoms with Crippen LogP contribution in [0.5, 0.6) is 0 Å². The Labute approximate surface area is 212 Å². The first-order valence-electron chi connectivity index (χ1n) is 12.5. The molecular weight excluding hydrogens is 456 g/mol. The van der Waals surface area contributed by atoms with Crippen LogP contribution in [0, 0.1) is 13.8 Å². The lowest BCUT2D eigenvalue weighted by molar-refractivity contribution is -0.146. The third-order valence-electron chi connectivity index (χ3n) is 6.99. The van der Waals surface area contributed by atoms with Crippen molar-refractivity contribution in [2.45, 2.75) is 65.1 Å². The zero-order valence-electron chi connectivity index (χ0n) is 21.4. The lowest BCUT2D eigenvalue weighted by Gasteiger charge is -2.31. The summed E-state index contributed by atoms with van der Waals surface area (Å²) >= 11 is 0. The van der Waals surface area contributed by atoms with E-state index in [4.69, 9.17) is 20.9 Å². The van der Waals surface area contributed by atoms with Gasteiger partial charge in [-0.05, 0) is 74.9 Å². The summed E-state index contributed by atoms with van der Waals surface area (Å²) in [4.78, 5) is 28.8. The van der Waals surface area contributed by atoms with E-state index < -0.39 is 36.5 Å². The van der Waals surface area contributed by atoms with Crippen LogP contribution in [0.3, 0.4) is 0 Å². The van der Waals surface area contributed by atoms with Crippen LogP contribution >= 0.6 is 0 Å². The zero-order chi connectivity index (χ0) is 26.0. The second-order valence-corrected chi connectivity index (χ2v) is 9.75. The lowest BCUT2D eigenvalue weighted by atomic mass is 10.1. The second-order valence-electron chi connectivity index (χ2n) is 9.75. The van der Waals surface area contributed by atoms with E-state index >= 15 is 0 Å².